The molecular weight excluding hydrogens is 671 g/mol. The molecule has 2 heteroatoms. The molecule has 10 rings (SSSR count). The molecular formula is C52H35NS. The molecule has 1 heterocycles. The van der Waals surface area contributed by atoms with Gasteiger partial charge >= 0.3 is 0 Å². The lowest BCUT2D eigenvalue weighted by Crippen LogP contribution is -2.09. The molecule has 0 radical (unpaired) electrons. The van der Waals surface area contributed by atoms with Crippen LogP contribution in [0.5, 0.6) is 0 Å². The van der Waals surface area contributed by atoms with Crippen molar-refractivity contribution in [3.8, 4) is 44.5 Å². The zero-order chi connectivity index (χ0) is 35.8. The summed E-state index contributed by atoms with van der Waals surface area (Å²) in [6.07, 6.45) is 0. The Morgan fingerprint density at radius 3 is 1.54 bits per heavy atom. The minimum absolute atomic E-state index is 1.12. The summed E-state index contributed by atoms with van der Waals surface area (Å²) in [5.41, 5.74) is 13.1. The van der Waals surface area contributed by atoms with Gasteiger partial charge in [-0.15, -0.1) is 11.3 Å². The van der Waals surface area contributed by atoms with Crippen LogP contribution in [-0.2, 0) is 0 Å². The van der Waals surface area contributed by atoms with Gasteiger partial charge in [0.05, 0.1) is 0 Å². The fourth-order valence-electron chi connectivity index (χ4n) is 7.73. The highest BCUT2D eigenvalue weighted by Crippen LogP contribution is 2.42. The first kappa shape index (κ1) is 32.0. The quantitative estimate of drug-likeness (QED) is 0.160. The van der Waals surface area contributed by atoms with Crippen LogP contribution < -0.4 is 4.90 Å². The molecule has 0 fully saturated rings. The predicted molar refractivity (Wildman–Crippen MR) is 233 cm³/mol. The molecule has 54 heavy (non-hydrogen) atoms. The molecule has 0 saturated heterocycles. The molecule has 0 atom stereocenters. The number of benzene rings is 9. The molecule has 254 valence electrons. The van der Waals surface area contributed by atoms with Gasteiger partial charge in [0.25, 0.3) is 0 Å². The van der Waals surface area contributed by atoms with E-state index in [4.69, 9.17) is 0 Å². The van der Waals surface area contributed by atoms with Crippen LogP contribution in [0.15, 0.2) is 212 Å². The van der Waals surface area contributed by atoms with Crippen LogP contribution >= 0.6 is 11.3 Å². The lowest BCUT2D eigenvalue weighted by molar-refractivity contribution is 1.28. The van der Waals surface area contributed by atoms with Gasteiger partial charge in [0.1, 0.15) is 0 Å². The van der Waals surface area contributed by atoms with Crippen LogP contribution in [0, 0.1) is 0 Å². The van der Waals surface area contributed by atoms with E-state index in [9.17, 15) is 0 Å². The van der Waals surface area contributed by atoms with Crippen LogP contribution in [0.25, 0.3) is 75.5 Å². The van der Waals surface area contributed by atoms with Crippen molar-refractivity contribution in [2.45, 2.75) is 0 Å². The average Bonchev–Trinajstić information content (AvgIpc) is 3.64. The summed E-state index contributed by atoms with van der Waals surface area (Å²) in [4.78, 5) is 2.33. The number of hydrogen-bond donors (Lipinski definition) is 0. The van der Waals surface area contributed by atoms with Gasteiger partial charge < -0.3 is 4.90 Å². The minimum atomic E-state index is 1.12. The first-order valence-corrected chi connectivity index (χ1v) is 19.2. The van der Waals surface area contributed by atoms with Crippen molar-refractivity contribution >= 4 is 59.3 Å². The number of rotatable bonds is 7. The first-order valence-electron chi connectivity index (χ1n) is 18.4. The summed E-state index contributed by atoms with van der Waals surface area (Å²) >= 11 is 1.86. The van der Waals surface area contributed by atoms with E-state index < -0.39 is 0 Å². The molecule has 1 nitrogen and oxygen atoms in total. The van der Waals surface area contributed by atoms with E-state index in [-0.39, 0.29) is 0 Å². The second kappa shape index (κ2) is 13.7. The van der Waals surface area contributed by atoms with Crippen LogP contribution in [-0.4, -0.2) is 0 Å². The molecule has 0 aliphatic rings. The van der Waals surface area contributed by atoms with Crippen molar-refractivity contribution in [1.82, 2.24) is 0 Å². The Labute approximate surface area is 319 Å². The van der Waals surface area contributed by atoms with Gasteiger partial charge in [0, 0.05) is 37.2 Å². The normalized spacial score (nSPS) is 11.3. The number of fused-ring (bicyclic) bond motifs is 4. The number of anilines is 3. The molecule has 0 bridgehead atoms. The van der Waals surface area contributed by atoms with E-state index >= 15 is 0 Å². The van der Waals surface area contributed by atoms with Crippen molar-refractivity contribution in [2.24, 2.45) is 0 Å². The van der Waals surface area contributed by atoms with E-state index in [1.807, 2.05) is 11.3 Å². The Balaban J connectivity index is 0.930. The highest BCUT2D eigenvalue weighted by atomic mass is 32.1. The molecule has 0 unspecified atom stereocenters. The fourth-order valence-corrected chi connectivity index (χ4v) is 8.87. The SMILES string of the molecule is c1ccc(N(c2ccc(-c3ccc(-c4cccc(-c5ccc6ccccc6c5)c4)cc3)cc2)c2ccc(-c3cccc4sc5ccccc5c34)cc2)cc1. The average molecular weight is 706 g/mol. The third kappa shape index (κ3) is 5.93. The third-order valence-electron chi connectivity index (χ3n) is 10.5. The summed E-state index contributed by atoms with van der Waals surface area (Å²) in [6, 6.07) is 77.0. The largest absolute Gasteiger partial charge is 0.311 e. The second-order valence-electron chi connectivity index (χ2n) is 13.8. The maximum atomic E-state index is 2.33. The van der Waals surface area contributed by atoms with Gasteiger partial charge in [-0.2, -0.15) is 0 Å². The zero-order valence-electron chi connectivity index (χ0n) is 29.6. The van der Waals surface area contributed by atoms with Gasteiger partial charge in [-0.1, -0.05) is 152 Å². The lowest BCUT2D eigenvalue weighted by Gasteiger charge is -2.26. The van der Waals surface area contributed by atoms with Gasteiger partial charge in [-0.3, -0.25) is 0 Å². The second-order valence-corrected chi connectivity index (χ2v) is 14.8. The highest BCUT2D eigenvalue weighted by Gasteiger charge is 2.15. The van der Waals surface area contributed by atoms with Gasteiger partial charge in [0.15, 0.2) is 0 Å². The smallest absolute Gasteiger partial charge is 0.0462 e. The monoisotopic (exact) mass is 705 g/mol. The molecule has 0 saturated carbocycles. The van der Waals surface area contributed by atoms with Crippen molar-refractivity contribution in [3.63, 3.8) is 0 Å². The fraction of sp³-hybridized carbons (Fsp3) is 0. The lowest BCUT2D eigenvalue weighted by atomic mass is 9.96. The molecule has 1 aromatic heterocycles. The van der Waals surface area contributed by atoms with Crippen LogP contribution in [0.3, 0.4) is 0 Å². The standard InChI is InChI=1S/C52H35NS/c1-2-14-45(15-3-1)53(47-32-28-40(29-33-47)48-17-9-19-51-52(48)49-16-6-7-18-50(49)54-51)46-30-26-38(27-31-46)37-20-22-39(23-21-37)42-12-8-13-43(34-42)44-25-24-36-10-4-5-11-41(36)35-44/h1-35H. The summed E-state index contributed by atoms with van der Waals surface area (Å²) < 4.78 is 2.65. The summed E-state index contributed by atoms with van der Waals surface area (Å²) in [5.74, 6) is 0. The third-order valence-corrected chi connectivity index (χ3v) is 11.6. The maximum absolute atomic E-state index is 2.33. The van der Waals surface area contributed by atoms with Crippen LogP contribution in [0.2, 0.25) is 0 Å². The Morgan fingerprint density at radius 2 is 0.796 bits per heavy atom. The summed E-state index contributed by atoms with van der Waals surface area (Å²) in [7, 11) is 0. The van der Waals surface area contributed by atoms with Crippen LogP contribution in [0.4, 0.5) is 17.1 Å². The van der Waals surface area contributed by atoms with Gasteiger partial charge in [-0.25, -0.2) is 0 Å². The Kier molecular flexibility index (Phi) is 8.09. The van der Waals surface area contributed by atoms with E-state index in [1.165, 1.54) is 75.5 Å². The topological polar surface area (TPSA) is 3.24 Å². The number of para-hydroxylation sites is 1. The molecule has 0 aliphatic heterocycles. The summed E-state index contributed by atoms with van der Waals surface area (Å²) in [5, 5.41) is 5.19. The first-order chi connectivity index (χ1) is 26.7. The number of thiophene rings is 1. The molecule has 0 N–H and O–H groups in total. The zero-order valence-corrected chi connectivity index (χ0v) is 30.4. The number of hydrogen-bond acceptors (Lipinski definition) is 2. The minimum Gasteiger partial charge on any atom is -0.311 e. The number of nitrogens with zero attached hydrogens (tertiary/aromatic N) is 1. The van der Waals surface area contributed by atoms with Crippen molar-refractivity contribution in [2.75, 3.05) is 4.90 Å². The van der Waals surface area contributed by atoms with E-state index in [2.05, 4.69) is 217 Å². The van der Waals surface area contributed by atoms with E-state index in [0.717, 1.165) is 17.1 Å². The van der Waals surface area contributed by atoms with Crippen molar-refractivity contribution in [3.05, 3.63) is 212 Å². The molecule has 10 aromatic rings. The van der Waals surface area contributed by atoms with E-state index in [1.54, 1.807) is 0 Å². The molecule has 9 aromatic carbocycles. The molecule has 0 spiro atoms. The molecule has 0 aliphatic carbocycles. The van der Waals surface area contributed by atoms with Crippen molar-refractivity contribution < 1.29 is 0 Å². The van der Waals surface area contributed by atoms with Gasteiger partial charge in [-0.05, 0) is 116 Å². The van der Waals surface area contributed by atoms with Crippen LogP contribution in [0.1, 0.15) is 0 Å². The summed E-state index contributed by atoms with van der Waals surface area (Å²) in [6.45, 7) is 0. The Hall–Kier alpha value is -6.74. The Bertz CT molecular complexity index is 2900. The highest BCUT2D eigenvalue weighted by molar-refractivity contribution is 7.25. The van der Waals surface area contributed by atoms with E-state index in [0.29, 0.717) is 0 Å². The Morgan fingerprint density at radius 1 is 0.296 bits per heavy atom. The van der Waals surface area contributed by atoms with Gasteiger partial charge in [0.2, 0.25) is 0 Å². The molecule has 0 amide bonds. The maximum Gasteiger partial charge on any atom is 0.0462 e. The van der Waals surface area contributed by atoms with Crippen molar-refractivity contribution in [1.29, 1.82) is 0 Å². The predicted octanol–water partition coefficient (Wildman–Crippen LogP) is 15.3.